The molecule has 0 heterocycles. The molecule has 76 valence electrons. The van der Waals surface area contributed by atoms with Crippen molar-refractivity contribution in [3.05, 3.63) is 29.6 Å². The van der Waals surface area contributed by atoms with Gasteiger partial charge in [0.1, 0.15) is 11.5 Å². The van der Waals surface area contributed by atoms with Crippen LogP contribution in [0.1, 0.15) is 19.4 Å². The Bertz CT molecular complexity index is 339. The SMILES string of the molecule is CC.CN=C=Nc1ccc(C)cc1F. The molecule has 0 aliphatic carbocycles. The summed E-state index contributed by atoms with van der Waals surface area (Å²) in [5.74, 6) is -0.342. The molecule has 0 aliphatic heterocycles. The molecule has 0 saturated carbocycles. The fraction of sp³-hybridized carbons (Fsp3) is 0.364. The summed E-state index contributed by atoms with van der Waals surface area (Å²) in [6.45, 7) is 5.82. The maximum absolute atomic E-state index is 13.0. The van der Waals surface area contributed by atoms with E-state index in [2.05, 4.69) is 16.0 Å². The third-order valence-electron chi connectivity index (χ3n) is 1.37. The van der Waals surface area contributed by atoms with Crippen molar-refractivity contribution < 1.29 is 4.39 Å². The lowest BCUT2D eigenvalue weighted by Gasteiger charge is -1.94. The molecule has 0 aliphatic rings. The quantitative estimate of drug-likeness (QED) is 0.610. The van der Waals surface area contributed by atoms with Crippen LogP contribution in [0.3, 0.4) is 0 Å². The van der Waals surface area contributed by atoms with Gasteiger partial charge in [0, 0.05) is 7.05 Å². The van der Waals surface area contributed by atoms with Crippen LogP contribution >= 0.6 is 0 Å². The van der Waals surface area contributed by atoms with Gasteiger partial charge in [0.05, 0.1) is 6.01 Å². The second-order valence-corrected chi connectivity index (χ2v) is 2.39. The molecule has 0 atom stereocenters. The highest BCUT2D eigenvalue weighted by molar-refractivity contribution is 5.53. The maximum atomic E-state index is 13.0. The molecule has 0 bridgehead atoms. The number of rotatable bonds is 1. The molecule has 0 fully saturated rings. The van der Waals surface area contributed by atoms with E-state index in [-0.39, 0.29) is 11.5 Å². The van der Waals surface area contributed by atoms with Gasteiger partial charge >= 0.3 is 0 Å². The molecule has 0 spiro atoms. The first-order valence-corrected chi connectivity index (χ1v) is 4.55. The highest BCUT2D eigenvalue weighted by Crippen LogP contribution is 2.17. The second-order valence-electron chi connectivity index (χ2n) is 2.39. The van der Waals surface area contributed by atoms with Crippen molar-refractivity contribution in [2.75, 3.05) is 7.05 Å². The Labute approximate surface area is 84.2 Å². The first-order chi connectivity index (χ1) is 6.74. The number of halogens is 1. The van der Waals surface area contributed by atoms with E-state index >= 15 is 0 Å². The lowest BCUT2D eigenvalue weighted by Crippen LogP contribution is -1.77. The van der Waals surface area contributed by atoms with Crippen LogP contribution in [0.25, 0.3) is 0 Å². The molecule has 14 heavy (non-hydrogen) atoms. The van der Waals surface area contributed by atoms with E-state index in [1.165, 1.54) is 13.1 Å². The minimum atomic E-state index is -0.342. The minimum absolute atomic E-state index is 0.270. The van der Waals surface area contributed by atoms with Gasteiger partial charge in [-0.2, -0.15) is 4.99 Å². The van der Waals surface area contributed by atoms with Crippen LogP contribution in [-0.4, -0.2) is 13.1 Å². The molecule has 1 aromatic rings. The molecule has 0 radical (unpaired) electrons. The zero-order valence-electron chi connectivity index (χ0n) is 9.00. The summed E-state index contributed by atoms with van der Waals surface area (Å²) in [7, 11) is 1.54. The Kier molecular flexibility index (Phi) is 6.25. The predicted molar refractivity (Wildman–Crippen MR) is 57.9 cm³/mol. The monoisotopic (exact) mass is 194 g/mol. The van der Waals surface area contributed by atoms with Crippen LogP contribution in [0.2, 0.25) is 0 Å². The summed E-state index contributed by atoms with van der Waals surface area (Å²) in [5.41, 5.74) is 1.14. The average Bonchev–Trinajstić information content (AvgIpc) is 2.20. The smallest absolute Gasteiger partial charge is 0.149 e. The van der Waals surface area contributed by atoms with Crippen molar-refractivity contribution >= 4 is 11.7 Å². The first kappa shape index (κ1) is 12.5. The summed E-state index contributed by atoms with van der Waals surface area (Å²) in [6, 6.07) is 7.15. The Morgan fingerprint density at radius 2 is 1.93 bits per heavy atom. The Balaban J connectivity index is 0.000000791. The number of benzene rings is 1. The third-order valence-corrected chi connectivity index (χ3v) is 1.37. The zero-order chi connectivity index (χ0) is 11.0. The molecule has 0 amide bonds. The maximum Gasteiger partial charge on any atom is 0.149 e. The summed E-state index contributed by atoms with van der Waals surface area (Å²) in [6.07, 6.45) is 0. The van der Waals surface area contributed by atoms with Crippen LogP contribution in [0.4, 0.5) is 10.1 Å². The van der Waals surface area contributed by atoms with Gasteiger partial charge in [0.2, 0.25) is 0 Å². The van der Waals surface area contributed by atoms with Gasteiger partial charge in [-0.1, -0.05) is 19.9 Å². The van der Waals surface area contributed by atoms with Crippen LogP contribution in [-0.2, 0) is 0 Å². The lowest BCUT2D eigenvalue weighted by molar-refractivity contribution is 0.629. The van der Waals surface area contributed by atoms with E-state index in [9.17, 15) is 4.39 Å². The number of aliphatic imine (C=N–C) groups is 2. The summed E-state index contributed by atoms with van der Waals surface area (Å²) in [5, 5.41) is 0. The highest BCUT2D eigenvalue weighted by Gasteiger charge is 1.98. The second kappa shape index (κ2) is 6.98. The lowest BCUT2D eigenvalue weighted by atomic mass is 10.2. The van der Waals surface area contributed by atoms with E-state index in [1.54, 1.807) is 12.1 Å². The van der Waals surface area contributed by atoms with Crippen molar-refractivity contribution in [3.63, 3.8) is 0 Å². The van der Waals surface area contributed by atoms with Crippen molar-refractivity contribution in [2.45, 2.75) is 20.8 Å². The summed E-state index contributed by atoms with van der Waals surface area (Å²) in [4.78, 5) is 7.18. The predicted octanol–water partition coefficient (Wildman–Crippen LogP) is 3.60. The van der Waals surface area contributed by atoms with Crippen LogP contribution in [0.5, 0.6) is 0 Å². The van der Waals surface area contributed by atoms with Crippen molar-refractivity contribution in [2.24, 2.45) is 9.98 Å². The molecular formula is C11H15FN2. The largest absolute Gasteiger partial charge is 0.229 e. The van der Waals surface area contributed by atoms with Crippen LogP contribution in [0.15, 0.2) is 28.2 Å². The van der Waals surface area contributed by atoms with E-state index in [0.717, 1.165) is 5.56 Å². The highest BCUT2D eigenvalue weighted by atomic mass is 19.1. The third kappa shape index (κ3) is 3.97. The number of hydrogen-bond donors (Lipinski definition) is 0. The summed E-state index contributed by atoms with van der Waals surface area (Å²) >= 11 is 0. The normalized spacial score (nSPS) is 8.07. The molecule has 0 N–H and O–H groups in total. The Morgan fingerprint density at radius 3 is 2.43 bits per heavy atom. The minimum Gasteiger partial charge on any atom is -0.229 e. The van der Waals surface area contributed by atoms with Crippen molar-refractivity contribution in [1.29, 1.82) is 0 Å². The Morgan fingerprint density at radius 1 is 1.29 bits per heavy atom. The van der Waals surface area contributed by atoms with Crippen molar-refractivity contribution in [1.82, 2.24) is 0 Å². The van der Waals surface area contributed by atoms with Gasteiger partial charge in [0.15, 0.2) is 0 Å². The number of nitrogens with zero attached hydrogens (tertiary/aromatic N) is 2. The number of hydrogen-bond acceptors (Lipinski definition) is 2. The van der Waals surface area contributed by atoms with Gasteiger partial charge in [-0.3, -0.25) is 0 Å². The summed E-state index contributed by atoms with van der Waals surface area (Å²) < 4.78 is 13.0. The van der Waals surface area contributed by atoms with Gasteiger partial charge in [-0.25, -0.2) is 9.38 Å². The molecule has 1 rings (SSSR count). The molecule has 3 heteroatoms. The topological polar surface area (TPSA) is 24.7 Å². The van der Waals surface area contributed by atoms with E-state index < -0.39 is 0 Å². The molecule has 2 nitrogen and oxygen atoms in total. The van der Waals surface area contributed by atoms with Crippen molar-refractivity contribution in [3.8, 4) is 0 Å². The van der Waals surface area contributed by atoms with E-state index in [0.29, 0.717) is 0 Å². The fourth-order valence-electron chi connectivity index (χ4n) is 0.806. The fourth-order valence-corrected chi connectivity index (χ4v) is 0.806. The van der Waals surface area contributed by atoms with Gasteiger partial charge < -0.3 is 0 Å². The molecular weight excluding hydrogens is 179 g/mol. The van der Waals surface area contributed by atoms with E-state index in [4.69, 9.17) is 0 Å². The van der Waals surface area contributed by atoms with Crippen LogP contribution in [0, 0.1) is 12.7 Å². The average molecular weight is 194 g/mol. The van der Waals surface area contributed by atoms with E-state index in [1.807, 2.05) is 20.8 Å². The van der Waals surface area contributed by atoms with Gasteiger partial charge in [-0.05, 0) is 24.6 Å². The van der Waals surface area contributed by atoms with Gasteiger partial charge in [-0.15, -0.1) is 0 Å². The first-order valence-electron chi connectivity index (χ1n) is 4.55. The molecule has 0 unspecified atom stereocenters. The standard InChI is InChI=1S/C9H9FN2.C2H6/c1-7-3-4-9(8(10)5-7)12-6-11-2;1-2/h3-5H,1-2H3;1-2H3. The molecule has 0 saturated heterocycles. The van der Waals surface area contributed by atoms with Gasteiger partial charge in [0.25, 0.3) is 0 Å². The molecule has 1 aromatic carbocycles. The van der Waals surface area contributed by atoms with Crippen LogP contribution < -0.4 is 0 Å². The molecule has 0 aromatic heterocycles. The Hall–Kier alpha value is -1.47. The zero-order valence-corrected chi connectivity index (χ0v) is 9.00. The number of aryl methyl sites for hydroxylation is 1.